The molecule has 3 aromatic rings. The smallest absolute Gasteiger partial charge is 0.263 e. The van der Waals surface area contributed by atoms with Gasteiger partial charge in [-0.25, -0.2) is 4.68 Å². The summed E-state index contributed by atoms with van der Waals surface area (Å²) >= 11 is 3.52. The quantitative estimate of drug-likeness (QED) is 0.703. The number of nitrogens with zero attached hydrogens (tertiary/aromatic N) is 2. The minimum Gasteiger partial charge on any atom is -0.484 e. The summed E-state index contributed by atoms with van der Waals surface area (Å²) in [5, 5.41) is 7.09. The second-order valence-electron chi connectivity index (χ2n) is 5.12. The number of aromatic nitrogens is 2. The number of carbonyl (C=O) groups excluding carboxylic acids is 1. The van der Waals surface area contributed by atoms with Crippen LogP contribution in [0.1, 0.15) is 5.56 Å². The minimum absolute atomic E-state index is 0.0514. The van der Waals surface area contributed by atoms with Crippen LogP contribution in [0.2, 0.25) is 0 Å². The van der Waals surface area contributed by atoms with E-state index in [1.165, 1.54) is 0 Å². The number of rotatable bonds is 6. The second kappa shape index (κ2) is 7.79. The molecule has 3 rings (SSSR count). The molecule has 122 valence electrons. The predicted molar refractivity (Wildman–Crippen MR) is 96.0 cm³/mol. The summed E-state index contributed by atoms with van der Waals surface area (Å²) in [6.07, 6.45) is 1.66. The SMILES string of the molecule is O=C(COc1ccccc1)Nc1ccnn1Cc1ccccc1Br. The summed E-state index contributed by atoms with van der Waals surface area (Å²) in [5.41, 5.74) is 1.08. The molecule has 1 aromatic heterocycles. The van der Waals surface area contributed by atoms with E-state index in [0.29, 0.717) is 18.1 Å². The lowest BCUT2D eigenvalue weighted by Crippen LogP contribution is -2.22. The zero-order valence-corrected chi connectivity index (χ0v) is 14.4. The molecule has 1 amide bonds. The fourth-order valence-corrected chi connectivity index (χ4v) is 2.61. The molecule has 0 aliphatic carbocycles. The molecule has 0 bridgehead atoms. The lowest BCUT2D eigenvalue weighted by molar-refractivity contribution is -0.118. The van der Waals surface area contributed by atoms with E-state index in [4.69, 9.17) is 4.74 Å². The largest absolute Gasteiger partial charge is 0.484 e. The minimum atomic E-state index is -0.229. The van der Waals surface area contributed by atoms with Crippen LogP contribution in [-0.2, 0) is 11.3 Å². The first-order valence-electron chi connectivity index (χ1n) is 7.45. The van der Waals surface area contributed by atoms with Crippen molar-refractivity contribution in [2.24, 2.45) is 0 Å². The van der Waals surface area contributed by atoms with Crippen molar-refractivity contribution in [1.29, 1.82) is 0 Å². The Labute approximate surface area is 148 Å². The Balaban J connectivity index is 1.61. The number of para-hydroxylation sites is 1. The average molecular weight is 386 g/mol. The van der Waals surface area contributed by atoms with Gasteiger partial charge >= 0.3 is 0 Å². The fraction of sp³-hybridized carbons (Fsp3) is 0.111. The van der Waals surface area contributed by atoms with Crippen LogP contribution in [0.5, 0.6) is 5.75 Å². The first-order valence-corrected chi connectivity index (χ1v) is 8.24. The molecule has 0 unspecified atom stereocenters. The molecule has 0 saturated carbocycles. The van der Waals surface area contributed by atoms with Crippen molar-refractivity contribution in [3.63, 3.8) is 0 Å². The number of ether oxygens (including phenoxy) is 1. The van der Waals surface area contributed by atoms with E-state index in [1.807, 2.05) is 54.6 Å². The molecule has 1 heterocycles. The third kappa shape index (κ3) is 4.23. The van der Waals surface area contributed by atoms with E-state index in [0.717, 1.165) is 10.0 Å². The Morgan fingerprint density at radius 3 is 2.62 bits per heavy atom. The van der Waals surface area contributed by atoms with Crippen molar-refractivity contribution < 1.29 is 9.53 Å². The predicted octanol–water partition coefficient (Wildman–Crippen LogP) is 3.71. The summed E-state index contributed by atoms with van der Waals surface area (Å²) in [6.45, 7) is 0.508. The highest BCUT2D eigenvalue weighted by Gasteiger charge is 2.09. The highest BCUT2D eigenvalue weighted by molar-refractivity contribution is 9.10. The number of benzene rings is 2. The van der Waals surface area contributed by atoms with Crippen LogP contribution in [0.3, 0.4) is 0 Å². The van der Waals surface area contributed by atoms with E-state index < -0.39 is 0 Å². The molecular weight excluding hydrogens is 370 g/mol. The van der Waals surface area contributed by atoms with Gasteiger partial charge in [-0.05, 0) is 23.8 Å². The van der Waals surface area contributed by atoms with Crippen molar-refractivity contribution in [1.82, 2.24) is 9.78 Å². The Kier molecular flexibility index (Phi) is 5.28. The first kappa shape index (κ1) is 16.3. The maximum absolute atomic E-state index is 12.1. The van der Waals surface area contributed by atoms with E-state index in [2.05, 4.69) is 26.3 Å². The third-order valence-corrected chi connectivity index (χ3v) is 4.15. The van der Waals surface area contributed by atoms with Crippen molar-refractivity contribution >= 4 is 27.7 Å². The lowest BCUT2D eigenvalue weighted by atomic mass is 10.2. The van der Waals surface area contributed by atoms with E-state index >= 15 is 0 Å². The molecule has 5 nitrogen and oxygen atoms in total. The Morgan fingerprint density at radius 2 is 1.83 bits per heavy atom. The molecule has 1 N–H and O–H groups in total. The average Bonchev–Trinajstić information content (AvgIpc) is 3.03. The van der Waals surface area contributed by atoms with Crippen LogP contribution in [0, 0.1) is 0 Å². The van der Waals surface area contributed by atoms with Gasteiger partial charge in [0.15, 0.2) is 6.61 Å². The van der Waals surface area contributed by atoms with Gasteiger partial charge in [0.05, 0.1) is 12.7 Å². The highest BCUT2D eigenvalue weighted by Crippen LogP contribution is 2.18. The number of hydrogen-bond acceptors (Lipinski definition) is 3. The van der Waals surface area contributed by atoms with Crippen molar-refractivity contribution in [2.75, 3.05) is 11.9 Å². The first-order chi connectivity index (χ1) is 11.7. The molecule has 0 saturated heterocycles. The Bertz CT molecular complexity index is 818. The number of hydrogen-bond donors (Lipinski definition) is 1. The standard InChI is InChI=1S/C18H16BrN3O2/c19-16-9-5-4-6-14(16)12-22-17(10-11-20-22)21-18(23)13-24-15-7-2-1-3-8-15/h1-11H,12-13H2,(H,21,23). The number of anilines is 1. The Morgan fingerprint density at radius 1 is 1.08 bits per heavy atom. The Hall–Kier alpha value is -2.60. The highest BCUT2D eigenvalue weighted by atomic mass is 79.9. The fourth-order valence-electron chi connectivity index (χ4n) is 2.20. The molecule has 0 atom stereocenters. The van der Waals surface area contributed by atoms with E-state index in [9.17, 15) is 4.79 Å². The number of carbonyl (C=O) groups is 1. The van der Waals surface area contributed by atoms with Crippen LogP contribution in [0.15, 0.2) is 71.3 Å². The van der Waals surface area contributed by atoms with Gasteiger partial charge < -0.3 is 10.1 Å². The maximum atomic E-state index is 12.1. The van der Waals surface area contributed by atoms with Gasteiger partial charge in [-0.3, -0.25) is 4.79 Å². The van der Waals surface area contributed by atoms with Crippen LogP contribution >= 0.6 is 15.9 Å². The van der Waals surface area contributed by atoms with Gasteiger partial charge in [-0.15, -0.1) is 0 Å². The van der Waals surface area contributed by atoms with Crippen LogP contribution in [-0.4, -0.2) is 22.3 Å². The van der Waals surface area contributed by atoms with Crippen LogP contribution in [0.25, 0.3) is 0 Å². The monoisotopic (exact) mass is 385 g/mol. The molecule has 6 heteroatoms. The van der Waals surface area contributed by atoms with Gasteiger partial charge in [0, 0.05) is 10.5 Å². The van der Waals surface area contributed by atoms with Crippen LogP contribution in [0.4, 0.5) is 5.82 Å². The van der Waals surface area contributed by atoms with Crippen molar-refractivity contribution in [2.45, 2.75) is 6.54 Å². The van der Waals surface area contributed by atoms with Gasteiger partial charge in [0.25, 0.3) is 5.91 Å². The molecule has 0 aliphatic rings. The molecule has 0 fully saturated rings. The molecule has 0 spiro atoms. The summed E-state index contributed by atoms with van der Waals surface area (Å²) in [5.74, 6) is 1.06. The van der Waals surface area contributed by atoms with Crippen molar-refractivity contribution in [3.8, 4) is 5.75 Å². The van der Waals surface area contributed by atoms with Crippen LogP contribution < -0.4 is 10.1 Å². The number of amides is 1. The molecular formula is C18H16BrN3O2. The van der Waals surface area contributed by atoms with Gasteiger partial charge in [-0.2, -0.15) is 5.10 Å². The molecule has 0 radical (unpaired) electrons. The van der Waals surface area contributed by atoms with Gasteiger partial charge in [-0.1, -0.05) is 52.3 Å². The van der Waals surface area contributed by atoms with Crippen molar-refractivity contribution in [3.05, 3.63) is 76.9 Å². The summed E-state index contributed by atoms with van der Waals surface area (Å²) in [6, 6.07) is 18.9. The summed E-state index contributed by atoms with van der Waals surface area (Å²) in [4.78, 5) is 12.1. The third-order valence-electron chi connectivity index (χ3n) is 3.38. The topological polar surface area (TPSA) is 56.1 Å². The van der Waals surface area contributed by atoms with E-state index in [1.54, 1.807) is 16.9 Å². The normalized spacial score (nSPS) is 10.4. The van der Waals surface area contributed by atoms with Gasteiger partial charge in [0.1, 0.15) is 11.6 Å². The van der Waals surface area contributed by atoms with E-state index in [-0.39, 0.29) is 12.5 Å². The second-order valence-corrected chi connectivity index (χ2v) is 5.97. The number of halogens is 1. The zero-order valence-electron chi connectivity index (χ0n) is 12.9. The zero-order chi connectivity index (χ0) is 16.8. The molecule has 0 aliphatic heterocycles. The molecule has 2 aromatic carbocycles. The molecule has 24 heavy (non-hydrogen) atoms. The lowest BCUT2D eigenvalue weighted by Gasteiger charge is -2.11. The maximum Gasteiger partial charge on any atom is 0.263 e. The van der Waals surface area contributed by atoms with Gasteiger partial charge in [0.2, 0.25) is 0 Å². The summed E-state index contributed by atoms with van der Waals surface area (Å²) < 4.78 is 8.19. The summed E-state index contributed by atoms with van der Waals surface area (Å²) in [7, 11) is 0. The number of nitrogens with one attached hydrogen (secondary N) is 1.